The lowest BCUT2D eigenvalue weighted by molar-refractivity contribution is 0.102. The second-order valence-corrected chi connectivity index (χ2v) is 6.72. The van der Waals surface area contributed by atoms with Crippen molar-refractivity contribution < 1.29 is 14.6 Å². The number of benzene rings is 3. The number of carbonyl (C=O) groups is 1. The number of phenols is 1. The normalized spacial score (nSPS) is 10.8. The average Bonchev–Trinajstić information content (AvgIpc) is 2.80. The Morgan fingerprint density at radius 3 is 2.35 bits per heavy atom. The number of anilines is 2. The zero-order valence-electron chi connectivity index (χ0n) is 17.9. The van der Waals surface area contributed by atoms with Gasteiger partial charge in [0.25, 0.3) is 5.91 Å². The van der Waals surface area contributed by atoms with Crippen LogP contribution >= 0.6 is 0 Å². The second kappa shape index (κ2) is 10.2. The van der Waals surface area contributed by atoms with Gasteiger partial charge in [0.1, 0.15) is 11.4 Å². The van der Waals surface area contributed by atoms with Crippen LogP contribution in [0.4, 0.5) is 22.7 Å². The maximum absolute atomic E-state index is 12.7. The highest BCUT2D eigenvalue weighted by Gasteiger charge is 2.16. The highest BCUT2D eigenvalue weighted by Crippen LogP contribution is 2.33. The van der Waals surface area contributed by atoms with Crippen LogP contribution in [0.25, 0.3) is 0 Å². The molecule has 0 aliphatic heterocycles. The molecule has 0 radical (unpaired) electrons. The molecular formula is C24H26N4O3. The van der Waals surface area contributed by atoms with Crippen LogP contribution in [0.1, 0.15) is 24.2 Å². The van der Waals surface area contributed by atoms with E-state index in [9.17, 15) is 9.90 Å². The molecular weight excluding hydrogens is 392 g/mol. The van der Waals surface area contributed by atoms with E-state index in [1.165, 1.54) is 13.2 Å². The highest BCUT2D eigenvalue weighted by atomic mass is 16.5. The smallest absolute Gasteiger partial charge is 0.259 e. The predicted molar refractivity (Wildman–Crippen MR) is 123 cm³/mol. The number of azo groups is 1. The molecule has 0 unspecified atom stereocenters. The summed E-state index contributed by atoms with van der Waals surface area (Å²) >= 11 is 0. The number of methoxy groups -OCH3 is 1. The molecule has 0 heterocycles. The number of nitrogens with one attached hydrogen (secondary N) is 1. The van der Waals surface area contributed by atoms with Crippen LogP contribution in [-0.4, -0.2) is 31.2 Å². The molecule has 0 bridgehead atoms. The first-order valence-electron chi connectivity index (χ1n) is 10.1. The lowest BCUT2D eigenvalue weighted by atomic mass is 10.1. The summed E-state index contributed by atoms with van der Waals surface area (Å²) < 4.78 is 5.25. The Bertz CT molecular complexity index is 1060. The first-order valence-corrected chi connectivity index (χ1v) is 10.1. The molecule has 160 valence electrons. The number of hydrogen-bond acceptors (Lipinski definition) is 6. The van der Waals surface area contributed by atoms with Crippen LogP contribution < -0.4 is 15.0 Å². The van der Waals surface area contributed by atoms with Gasteiger partial charge in [-0.15, -0.1) is 5.11 Å². The Morgan fingerprint density at radius 1 is 0.968 bits per heavy atom. The number of nitrogens with zero attached hydrogens (tertiary/aromatic N) is 3. The van der Waals surface area contributed by atoms with Crippen LogP contribution in [0.3, 0.4) is 0 Å². The first-order chi connectivity index (χ1) is 15.1. The minimum Gasteiger partial charge on any atom is -0.505 e. The lowest BCUT2D eigenvalue weighted by Crippen LogP contribution is -2.21. The minimum absolute atomic E-state index is 0.0965. The van der Waals surface area contributed by atoms with Crippen molar-refractivity contribution in [2.75, 3.05) is 30.4 Å². The third-order valence-electron chi connectivity index (χ3n) is 4.87. The van der Waals surface area contributed by atoms with Gasteiger partial charge in [0.05, 0.1) is 24.0 Å². The van der Waals surface area contributed by atoms with Crippen LogP contribution in [-0.2, 0) is 0 Å². The van der Waals surface area contributed by atoms with Gasteiger partial charge in [-0.1, -0.05) is 18.2 Å². The number of carbonyl (C=O) groups excluding carboxylic acids is 1. The largest absolute Gasteiger partial charge is 0.505 e. The molecule has 0 aromatic heterocycles. The summed E-state index contributed by atoms with van der Waals surface area (Å²) in [7, 11) is 1.53. The van der Waals surface area contributed by atoms with E-state index >= 15 is 0 Å². The van der Waals surface area contributed by atoms with Gasteiger partial charge in [0.2, 0.25) is 0 Å². The number of amides is 1. The van der Waals surface area contributed by atoms with E-state index in [-0.39, 0.29) is 17.0 Å². The van der Waals surface area contributed by atoms with Crippen molar-refractivity contribution in [2.45, 2.75) is 13.8 Å². The summed E-state index contributed by atoms with van der Waals surface area (Å²) in [5.41, 5.74) is 2.58. The van der Waals surface area contributed by atoms with Crippen molar-refractivity contribution in [3.63, 3.8) is 0 Å². The van der Waals surface area contributed by atoms with Gasteiger partial charge in [0.15, 0.2) is 5.75 Å². The number of aromatic hydroxyl groups is 1. The average molecular weight is 418 g/mol. The van der Waals surface area contributed by atoms with Crippen molar-refractivity contribution in [3.05, 3.63) is 72.3 Å². The maximum Gasteiger partial charge on any atom is 0.259 e. The summed E-state index contributed by atoms with van der Waals surface area (Å²) in [6.07, 6.45) is 0. The third kappa shape index (κ3) is 5.19. The van der Waals surface area contributed by atoms with E-state index in [0.29, 0.717) is 17.1 Å². The molecule has 0 fully saturated rings. The monoisotopic (exact) mass is 418 g/mol. The fourth-order valence-electron chi connectivity index (χ4n) is 3.16. The van der Waals surface area contributed by atoms with E-state index in [1.807, 2.05) is 30.3 Å². The molecule has 3 aromatic carbocycles. The van der Waals surface area contributed by atoms with Crippen molar-refractivity contribution in [3.8, 4) is 11.5 Å². The molecule has 3 aromatic rings. The van der Waals surface area contributed by atoms with Crippen LogP contribution in [0.2, 0.25) is 0 Å². The summed E-state index contributed by atoms with van der Waals surface area (Å²) in [4.78, 5) is 14.9. The zero-order chi connectivity index (χ0) is 22.2. The Morgan fingerprint density at radius 2 is 1.68 bits per heavy atom. The number of hydrogen-bond donors (Lipinski definition) is 2. The van der Waals surface area contributed by atoms with Gasteiger partial charge in [-0.2, -0.15) is 5.11 Å². The van der Waals surface area contributed by atoms with Gasteiger partial charge >= 0.3 is 0 Å². The molecule has 0 aliphatic rings. The molecule has 7 nitrogen and oxygen atoms in total. The van der Waals surface area contributed by atoms with Gasteiger partial charge in [-0.3, -0.25) is 4.79 Å². The molecule has 0 saturated heterocycles. The van der Waals surface area contributed by atoms with Crippen LogP contribution in [0, 0.1) is 0 Å². The SMILES string of the molecule is CCN(CC)c1ccc(N=Nc2cccc(C(=O)Nc3ccccc3OC)c2O)cc1. The van der Waals surface area contributed by atoms with Crippen LogP contribution in [0.5, 0.6) is 11.5 Å². The molecule has 0 aliphatic carbocycles. The molecule has 3 rings (SSSR count). The lowest BCUT2D eigenvalue weighted by Gasteiger charge is -2.20. The number of rotatable bonds is 8. The number of ether oxygens (including phenoxy) is 1. The Balaban J connectivity index is 1.78. The number of phenolic OH excluding ortho intramolecular Hbond substituents is 1. The molecule has 0 saturated carbocycles. The summed E-state index contributed by atoms with van der Waals surface area (Å²) in [5, 5.41) is 21.6. The summed E-state index contributed by atoms with van der Waals surface area (Å²) in [5.74, 6) is -0.180. The van der Waals surface area contributed by atoms with Gasteiger partial charge in [0, 0.05) is 18.8 Å². The molecule has 1 amide bonds. The molecule has 0 spiro atoms. The first kappa shape index (κ1) is 21.8. The van der Waals surface area contributed by atoms with E-state index in [1.54, 1.807) is 30.3 Å². The second-order valence-electron chi connectivity index (χ2n) is 6.72. The zero-order valence-corrected chi connectivity index (χ0v) is 17.9. The quantitative estimate of drug-likeness (QED) is 0.445. The standard InChI is InChI=1S/C24H26N4O3/c1-4-28(5-2)18-15-13-17(14-16-18)26-27-21-11-8-9-19(23(21)29)24(30)25-20-10-6-7-12-22(20)31-3/h6-16,29H,4-5H2,1-3H3,(H,25,30). The van der Waals surface area contributed by atoms with E-state index in [4.69, 9.17) is 4.74 Å². The van der Waals surface area contributed by atoms with Crippen molar-refractivity contribution in [1.82, 2.24) is 0 Å². The van der Waals surface area contributed by atoms with Crippen molar-refractivity contribution >= 4 is 28.7 Å². The van der Waals surface area contributed by atoms with E-state index in [2.05, 4.69) is 34.3 Å². The summed E-state index contributed by atoms with van der Waals surface area (Å²) in [6, 6.07) is 19.5. The molecule has 7 heteroatoms. The topological polar surface area (TPSA) is 86.5 Å². The van der Waals surface area contributed by atoms with Crippen LogP contribution in [0.15, 0.2) is 77.0 Å². The Kier molecular flexibility index (Phi) is 7.22. The Labute approximate surface area is 182 Å². The molecule has 31 heavy (non-hydrogen) atoms. The van der Waals surface area contributed by atoms with E-state index in [0.717, 1.165) is 18.8 Å². The fourth-order valence-corrected chi connectivity index (χ4v) is 3.16. The third-order valence-corrected chi connectivity index (χ3v) is 4.87. The van der Waals surface area contributed by atoms with Crippen molar-refractivity contribution in [1.29, 1.82) is 0 Å². The fraction of sp³-hybridized carbons (Fsp3) is 0.208. The Hall–Kier alpha value is -3.87. The predicted octanol–water partition coefficient (Wildman–Crippen LogP) is 5.91. The number of para-hydroxylation sites is 3. The maximum atomic E-state index is 12.7. The highest BCUT2D eigenvalue weighted by molar-refractivity contribution is 6.07. The van der Waals surface area contributed by atoms with Gasteiger partial charge in [-0.05, 0) is 62.4 Å². The van der Waals surface area contributed by atoms with Gasteiger partial charge < -0.3 is 20.1 Å². The van der Waals surface area contributed by atoms with Crippen molar-refractivity contribution in [2.24, 2.45) is 10.2 Å². The minimum atomic E-state index is -0.470. The van der Waals surface area contributed by atoms with Gasteiger partial charge in [-0.25, -0.2) is 0 Å². The summed E-state index contributed by atoms with van der Waals surface area (Å²) in [6.45, 7) is 6.07. The van der Waals surface area contributed by atoms with E-state index < -0.39 is 5.91 Å². The molecule has 0 atom stereocenters. The molecule has 2 N–H and O–H groups in total.